The molecule has 0 saturated heterocycles. The molecule has 1 heterocycles. The molecule has 0 spiro atoms. The van der Waals surface area contributed by atoms with Crippen molar-refractivity contribution in [3.05, 3.63) is 34.2 Å². The van der Waals surface area contributed by atoms with Crippen LogP contribution in [-0.2, 0) is 16.0 Å². The number of aliphatic hydroxyl groups is 1. The highest BCUT2D eigenvalue weighted by molar-refractivity contribution is 5.72. The van der Waals surface area contributed by atoms with Gasteiger partial charge in [0, 0.05) is 17.6 Å². The van der Waals surface area contributed by atoms with Gasteiger partial charge in [0.1, 0.15) is 5.76 Å². The van der Waals surface area contributed by atoms with Gasteiger partial charge < -0.3 is 14.8 Å². The fourth-order valence-electron chi connectivity index (χ4n) is 1.73. The molecular formula is C12H13NO3. The van der Waals surface area contributed by atoms with E-state index in [1.54, 1.807) is 18.3 Å². The number of carbonyl (C=O) groups is 1. The molecule has 1 aliphatic rings. The Morgan fingerprint density at radius 3 is 3.12 bits per heavy atom. The lowest BCUT2D eigenvalue weighted by molar-refractivity contribution is -0.139. The molecule has 0 amide bonds. The Kier molecular flexibility index (Phi) is 2.81. The zero-order chi connectivity index (χ0) is 11.5. The van der Waals surface area contributed by atoms with Gasteiger partial charge in [-0.25, -0.2) is 0 Å². The molecule has 0 atom stereocenters. The molecule has 16 heavy (non-hydrogen) atoms. The molecule has 0 bridgehead atoms. The van der Waals surface area contributed by atoms with Crippen LogP contribution in [0.15, 0.2) is 18.0 Å². The van der Waals surface area contributed by atoms with Gasteiger partial charge in [0.15, 0.2) is 0 Å². The second-order valence-corrected chi connectivity index (χ2v) is 3.61. The quantitative estimate of drug-likeness (QED) is 0.695. The van der Waals surface area contributed by atoms with Crippen molar-refractivity contribution in [3.8, 4) is 0 Å². The Labute approximate surface area is 92.6 Å². The van der Waals surface area contributed by atoms with Crippen LogP contribution in [0.1, 0.15) is 12.0 Å². The zero-order valence-corrected chi connectivity index (χ0v) is 8.99. The van der Waals surface area contributed by atoms with Crippen LogP contribution in [0.5, 0.6) is 0 Å². The summed E-state index contributed by atoms with van der Waals surface area (Å²) >= 11 is 0. The summed E-state index contributed by atoms with van der Waals surface area (Å²) < 4.78 is 4.63. The summed E-state index contributed by atoms with van der Waals surface area (Å²) in [7, 11) is 1.37. The Morgan fingerprint density at radius 2 is 2.38 bits per heavy atom. The van der Waals surface area contributed by atoms with Crippen LogP contribution in [0.2, 0.25) is 0 Å². The fraction of sp³-hybridized carbons (Fsp3) is 0.250. The van der Waals surface area contributed by atoms with E-state index in [0.717, 1.165) is 16.1 Å². The van der Waals surface area contributed by atoms with Gasteiger partial charge in [0.05, 0.1) is 13.5 Å². The molecular weight excluding hydrogens is 206 g/mol. The van der Waals surface area contributed by atoms with Crippen LogP contribution in [0.4, 0.5) is 0 Å². The van der Waals surface area contributed by atoms with Crippen LogP contribution >= 0.6 is 0 Å². The van der Waals surface area contributed by atoms with Crippen molar-refractivity contribution in [1.29, 1.82) is 0 Å². The van der Waals surface area contributed by atoms with Crippen LogP contribution in [0.25, 0.3) is 12.2 Å². The van der Waals surface area contributed by atoms with Crippen molar-refractivity contribution >= 4 is 18.1 Å². The zero-order valence-electron chi connectivity index (χ0n) is 8.99. The molecule has 84 valence electrons. The molecule has 0 radical (unpaired) electrons. The van der Waals surface area contributed by atoms with Gasteiger partial charge in [-0.2, -0.15) is 0 Å². The number of aromatic amines is 1. The molecule has 2 rings (SSSR count). The minimum atomic E-state index is -0.267. The summed E-state index contributed by atoms with van der Waals surface area (Å²) in [5.41, 5.74) is 0.890. The Hall–Kier alpha value is -1.97. The van der Waals surface area contributed by atoms with E-state index >= 15 is 0 Å². The van der Waals surface area contributed by atoms with E-state index in [2.05, 4.69) is 9.72 Å². The van der Waals surface area contributed by atoms with Gasteiger partial charge >= 0.3 is 5.97 Å². The highest BCUT2D eigenvalue weighted by Crippen LogP contribution is 1.99. The topological polar surface area (TPSA) is 62.3 Å². The number of allylic oxidation sites excluding steroid dienone is 2. The number of esters is 1. The van der Waals surface area contributed by atoms with E-state index in [9.17, 15) is 9.90 Å². The van der Waals surface area contributed by atoms with Crippen molar-refractivity contribution in [2.75, 3.05) is 7.11 Å². The lowest BCUT2D eigenvalue weighted by Crippen LogP contribution is -2.26. The molecule has 4 nitrogen and oxygen atoms in total. The highest BCUT2D eigenvalue weighted by atomic mass is 16.5. The lowest BCUT2D eigenvalue weighted by Gasteiger charge is -1.95. The predicted octanol–water partition coefficient (Wildman–Crippen LogP) is 0.137. The Bertz CT molecular complexity index is 551. The third-order valence-electron chi connectivity index (χ3n) is 2.54. The third kappa shape index (κ3) is 2.00. The predicted molar refractivity (Wildman–Crippen MR) is 60.0 cm³/mol. The van der Waals surface area contributed by atoms with Crippen molar-refractivity contribution in [2.45, 2.75) is 12.8 Å². The highest BCUT2D eigenvalue weighted by Gasteiger charge is 2.07. The van der Waals surface area contributed by atoms with Crippen LogP contribution in [0.3, 0.4) is 0 Å². The first-order valence-corrected chi connectivity index (χ1v) is 5.05. The van der Waals surface area contributed by atoms with Crippen LogP contribution < -0.4 is 10.6 Å². The van der Waals surface area contributed by atoms with E-state index in [4.69, 9.17) is 0 Å². The Balaban J connectivity index is 2.43. The summed E-state index contributed by atoms with van der Waals surface area (Å²) in [6, 6.07) is 0. The molecule has 1 aliphatic carbocycles. The molecule has 1 aromatic heterocycles. The first-order valence-electron chi connectivity index (χ1n) is 5.05. The second-order valence-electron chi connectivity index (χ2n) is 3.61. The van der Waals surface area contributed by atoms with E-state index < -0.39 is 0 Å². The van der Waals surface area contributed by atoms with Gasteiger partial charge in [-0.05, 0) is 23.3 Å². The number of hydrogen-bond donors (Lipinski definition) is 2. The maximum Gasteiger partial charge on any atom is 0.310 e. The summed E-state index contributed by atoms with van der Waals surface area (Å²) in [6.07, 6.45) is 8.02. The fourth-order valence-corrected chi connectivity index (χ4v) is 1.73. The number of fused-ring (bicyclic) bond motifs is 1. The minimum absolute atomic E-state index is 0.237. The van der Waals surface area contributed by atoms with Gasteiger partial charge in [-0.3, -0.25) is 4.79 Å². The first kappa shape index (κ1) is 10.5. The monoisotopic (exact) mass is 219 g/mol. The summed E-state index contributed by atoms with van der Waals surface area (Å²) in [6.45, 7) is 0. The number of carbonyl (C=O) groups excluding carboxylic acids is 1. The number of aromatic nitrogens is 1. The van der Waals surface area contributed by atoms with Gasteiger partial charge in [-0.15, -0.1) is 0 Å². The van der Waals surface area contributed by atoms with Crippen molar-refractivity contribution in [1.82, 2.24) is 4.98 Å². The Morgan fingerprint density at radius 1 is 1.56 bits per heavy atom. The molecule has 0 fully saturated rings. The number of methoxy groups -OCH3 is 1. The maximum atomic E-state index is 11.2. The molecule has 0 aliphatic heterocycles. The third-order valence-corrected chi connectivity index (χ3v) is 2.54. The van der Waals surface area contributed by atoms with E-state index in [0.29, 0.717) is 6.42 Å². The minimum Gasteiger partial charge on any atom is -0.508 e. The van der Waals surface area contributed by atoms with Gasteiger partial charge in [0.25, 0.3) is 0 Å². The van der Waals surface area contributed by atoms with Crippen molar-refractivity contribution in [3.63, 3.8) is 0 Å². The van der Waals surface area contributed by atoms with Crippen LogP contribution in [-0.4, -0.2) is 23.2 Å². The summed E-state index contributed by atoms with van der Waals surface area (Å²) in [4.78, 5) is 14.2. The first-order chi connectivity index (χ1) is 7.70. The number of hydrogen-bond acceptors (Lipinski definition) is 3. The number of rotatable bonds is 2. The molecule has 0 aromatic carbocycles. The lowest BCUT2D eigenvalue weighted by atomic mass is 10.2. The average molecular weight is 219 g/mol. The molecule has 0 unspecified atom stereocenters. The normalized spacial score (nSPS) is 13.9. The van der Waals surface area contributed by atoms with E-state index in [1.807, 2.05) is 6.08 Å². The van der Waals surface area contributed by atoms with Crippen LogP contribution in [0, 0.1) is 0 Å². The average Bonchev–Trinajstić information content (AvgIpc) is 2.52. The molecule has 1 aromatic rings. The second kappa shape index (κ2) is 4.26. The number of nitrogens with one attached hydrogen (secondary N) is 1. The smallest absolute Gasteiger partial charge is 0.310 e. The number of ether oxygens (including phenoxy) is 1. The SMILES string of the molecule is COC(=O)Cc1c[nH]c2c1=CCC=C(O)C=2. The number of H-pyrrole nitrogens is 1. The summed E-state index contributed by atoms with van der Waals surface area (Å²) in [5, 5.41) is 11.2. The maximum absolute atomic E-state index is 11.2. The standard InChI is InChI=1S/C12H13NO3/c1-16-12(15)5-8-7-13-11-6-9(14)3-2-4-10(8)11/h3-4,6-7,13-14H,2,5H2,1H3. The van der Waals surface area contributed by atoms with Gasteiger partial charge in [0.2, 0.25) is 0 Å². The molecule has 2 N–H and O–H groups in total. The van der Waals surface area contributed by atoms with E-state index in [-0.39, 0.29) is 18.1 Å². The van der Waals surface area contributed by atoms with Gasteiger partial charge in [-0.1, -0.05) is 6.08 Å². The number of aliphatic hydroxyl groups excluding tert-OH is 1. The van der Waals surface area contributed by atoms with Crippen molar-refractivity contribution in [2.24, 2.45) is 0 Å². The molecule has 0 saturated carbocycles. The van der Waals surface area contributed by atoms with E-state index in [1.165, 1.54) is 7.11 Å². The van der Waals surface area contributed by atoms with Crippen molar-refractivity contribution < 1.29 is 14.6 Å². The summed E-state index contributed by atoms with van der Waals surface area (Å²) in [5.74, 6) is -0.0295. The largest absolute Gasteiger partial charge is 0.508 e. The molecule has 4 heteroatoms.